The first-order valence-electron chi connectivity index (χ1n) is 17.0. The van der Waals surface area contributed by atoms with Crippen LogP contribution in [0.5, 0.6) is 5.88 Å². The van der Waals surface area contributed by atoms with E-state index in [0.29, 0.717) is 43.3 Å². The highest BCUT2D eigenvalue weighted by Crippen LogP contribution is 2.33. The van der Waals surface area contributed by atoms with Crippen LogP contribution in [0.15, 0.2) is 34.4 Å². The number of amides is 2. The van der Waals surface area contributed by atoms with Gasteiger partial charge in [-0.25, -0.2) is 4.98 Å². The minimum Gasteiger partial charge on any atom is -0.474 e. The molecule has 0 aromatic carbocycles. The number of aromatic nitrogens is 3. The lowest BCUT2D eigenvalue weighted by atomic mass is 9.91. The molecule has 3 aromatic rings. The molecule has 1 aliphatic carbocycles. The molecule has 2 fully saturated rings. The minimum absolute atomic E-state index is 0.0500. The Morgan fingerprint density at radius 3 is 2.52 bits per heavy atom. The first-order valence-corrected chi connectivity index (χ1v) is 17.8. The fourth-order valence-corrected chi connectivity index (χ4v) is 7.75. The largest absolute Gasteiger partial charge is 0.474 e. The monoisotopic (exact) mass is 650 g/mol. The van der Waals surface area contributed by atoms with Gasteiger partial charge in [0, 0.05) is 37.4 Å². The Labute approximate surface area is 277 Å². The number of aryl methyl sites for hydroxylation is 1. The summed E-state index contributed by atoms with van der Waals surface area (Å²) in [5, 5.41) is 7.28. The molecular weight excluding hydrogens is 600 g/mol. The molecule has 11 heteroatoms. The third-order valence-electron chi connectivity index (χ3n) is 9.51. The van der Waals surface area contributed by atoms with Crippen molar-refractivity contribution in [1.29, 1.82) is 0 Å². The molecule has 5 rings (SSSR count). The normalized spacial score (nSPS) is 18.8. The maximum absolute atomic E-state index is 14.0. The van der Waals surface area contributed by atoms with E-state index in [1.165, 1.54) is 32.1 Å². The second-order valence-corrected chi connectivity index (χ2v) is 14.3. The maximum Gasteiger partial charge on any atom is 0.254 e. The molecule has 10 nitrogen and oxygen atoms in total. The van der Waals surface area contributed by atoms with E-state index in [1.807, 2.05) is 45.3 Å². The Balaban J connectivity index is 1.18. The second kappa shape index (κ2) is 15.5. The van der Waals surface area contributed by atoms with Gasteiger partial charge in [-0.2, -0.15) is 0 Å². The Bertz CT molecular complexity index is 1430. The molecule has 1 saturated carbocycles. The molecule has 0 radical (unpaired) electrons. The molecule has 46 heavy (non-hydrogen) atoms. The Kier molecular flexibility index (Phi) is 11.5. The number of pyridine rings is 1. The summed E-state index contributed by atoms with van der Waals surface area (Å²) in [6.07, 6.45) is 9.61. The molecule has 0 spiro atoms. The van der Waals surface area contributed by atoms with Crippen molar-refractivity contribution in [3.05, 3.63) is 46.9 Å². The number of nitrogens with zero attached hydrogens (tertiary/aromatic N) is 5. The van der Waals surface area contributed by atoms with Gasteiger partial charge in [0.1, 0.15) is 18.6 Å². The highest BCUT2D eigenvalue weighted by molar-refractivity contribution is 7.13. The first kappa shape index (κ1) is 34.0. The van der Waals surface area contributed by atoms with Gasteiger partial charge in [0.2, 0.25) is 11.8 Å². The predicted molar refractivity (Wildman–Crippen MR) is 180 cm³/mol. The summed E-state index contributed by atoms with van der Waals surface area (Å²) in [7, 11) is 0. The standard InChI is InChI=1S/C35H50N6O4S/c1-22(2)32(30-19-31(39-45-30)44-18-17-40(23(3)4)27-11-8-7-9-12-27)35(43)41-16-10-13-29(41)34(42)38-24(5)26-14-15-28(36-20-26)33-25(6)37-21-46-33/h14-15,19-24,27,29,32H,7-13,16-18H2,1-6H3,(H,38,42)/t24-,29-,32+/m0/s1. The predicted octanol–water partition coefficient (Wildman–Crippen LogP) is 6.53. The molecule has 1 aliphatic heterocycles. The fraction of sp³-hybridized carbons (Fsp3) is 0.629. The molecular formula is C35H50N6O4S. The molecule has 1 saturated heterocycles. The van der Waals surface area contributed by atoms with Gasteiger partial charge >= 0.3 is 0 Å². The van der Waals surface area contributed by atoms with Crippen LogP contribution in [0.1, 0.15) is 109 Å². The van der Waals surface area contributed by atoms with Crippen molar-refractivity contribution in [2.24, 2.45) is 5.92 Å². The number of carbonyl (C=O) groups excluding carboxylic acids is 2. The summed E-state index contributed by atoms with van der Waals surface area (Å²) >= 11 is 1.56. The van der Waals surface area contributed by atoms with Crippen LogP contribution in [0, 0.1) is 12.8 Å². The van der Waals surface area contributed by atoms with Crippen molar-refractivity contribution >= 4 is 23.2 Å². The SMILES string of the molecule is Cc1ncsc1-c1ccc([C@H](C)NC(=O)[C@@H]2CCCN2C(=O)[C@@H](c2cc(OCCN(C(C)C)C3CCCCC3)no2)C(C)C)cn1. The average molecular weight is 651 g/mol. The molecule has 1 N–H and O–H groups in total. The molecule has 3 aromatic heterocycles. The van der Waals surface area contributed by atoms with Crippen LogP contribution < -0.4 is 10.1 Å². The maximum atomic E-state index is 14.0. The van der Waals surface area contributed by atoms with E-state index in [2.05, 4.69) is 39.2 Å². The Morgan fingerprint density at radius 2 is 1.87 bits per heavy atom. The number of ether oxygens (including phenoxy) is 1. The lowest BCUT2D eigenvalue weighted by Gasteiger charge is -2.37. The molecule has 4 heterocycles. The quantitative estimate of drug-likeness (QED) is 0.222. The zero-order valence-electron chi connectivity index (χ0n) is 28.2. The van der Waals surface area contributed by atoms with Crippen LogP contribution in [-0.4, -0.2) is 74.6 Å². The van der Waals surface area contributed by atoms with E-state index >= 15 is 0 Å². The second-order valence-electron chi connectivity index (χ2n) is 13.4. The number of likely N-dealkylation sites (tertiary alicyclic amines) is 1. The van der Waals surface area contributed by atoms with Gasteiger partial charge in [0.25, 0.3) is 5.88 Å². The van der Waals surface area contributed by atoms with E-state index in [4.69, 9.17) is 9.26 Å². The summed E-state index contributed by atoms with van der Waals surface area (Å²) in [5.41, 5.74) is 4.54. The van der Waals surface area contributed by atoms with Crippen molar-refractivity contribution < 1.29 is 18.8 Å². The summed E-state index contributed by atoms with van der Waals surface area (Å²) < 4.78 is 11.7. The molecule has 3 atom stereocenters. The van der Waals surface area contributed by atoms with Crippen molar-refractivity contribution in [2.45, 2.75) is 117 Å². The van der Waals surface area contributed by atoms with Crippen LogP contribution in [0.2, 0.25) is 0 Å². The van der Waals surface area contributed by atoms with Crippen LogP contribution in [0.3, 0.4) is 0 Å². The van der Waals surface area contributed by atoms with Gasteiger partial charge < -0.3 is 19.5 Å². The van der Waals surface area contributed by atoms with Crippen LogP contribution in [-0.2, 0) is 9.59 Å². The number of hydrogen-bond acceptors (Lipinski definition) is 9. The van der Waals surface area contributed by atoms with Gasteiger partial charge in [0.15, 0.2) is 5.76 Å². The summed E-state index contributed by atoms with van der Waals surface area (Å²) in [6.45, 7) is 14.3. The molecule has 0 bridgehead atoms. The van der Waals surface area contributed by atoms with E-state index < -0.39 is 12.0 Å². The van der Waals surface area contributed by atoms with Crippen LogP contribution >= 0.6 is 11.3 Å². The van der Waals surface area contributed by atoms with Crippen molar-refractivity contribution in [2.75, 3.05) is 19.7 Å². The lowest BCUT2D eigenvalue weighted by molar-refractivity contribution is -0.141. The summed E-state index contributed by atoms with van der Waals surface area (Å²) in [5.74, 6) is -0.00183. The van der Waals surface area contributed by atoms with Gasteiger partial charge in [-0.05, 0) is 76.1 Å². The molecule has 250 valence electrons. The topological polar surface area (TPSA) is 114 Å². The summed E-state index contributed by atoms with van der Waals surface area (Å²) in [4.78, 5) is 41.7. The number of nitrogens with one attached hydrogen (secondary N) is 1. The number of carbonyl (C=O) groups is 2. The Hall–Kier alpha value is -3.31. The lowest BCUT2D eigenvalue weighted by Crippen LogP contribution is -2.48. The van der Waals surface area contributed by atoms with Gasteiger partial charge in [-0.15, -0.1) is 11.3 Å². The third kappa shape index (κ3) is 7.97. The fourth-order valence-electron chi connectivity index (χ4n) is 6.97. The third-order valence-corrected chi connectivity index (χ3v) is 10.5. The van der Waals surface area contributed by atoms with E-state index in [1.54, 1.807) is 28.5 Å². The van der Waals surface area contributed by atoms with Gasteiger partial charge in [-0.1, -0.05) is 39.2 Å². The number of rotatable bonds is 13. The molecule has 2 amide bonds. The number of thiazole rings is 1. The van der Waals surface area contributed by atoms with Gasteiger partial charge in [-0.3, -0.25) is 19.5 Å². The van der Waals surface area contributed by atoms with E-state index in [9.17, 15) is 9.59 Å². The Morgan fingerprint density at radius 1 is 1.09 bits per heavy atom. The zero-order chi connectivity index (χ0) is 32.8. The van der Waals surface area contributed by atoms with Gasteiger partial charge in [0.05, 0.1) is 27.8 Å². The zero-order valence-corrected chi connectivity index (χ0v) is 29.0. The smallest absolute Gasteiger partial charge is 0.254 e. The van der Waals surface area contributed by atoms with Crippen molar-refractivity contribution in [3.63, 3.8) is 0 Å². The van der Waals surface area contributed by atoms with Crippen LogP contribution in [0.4, 0.5) is 0 Å². The average Bonchev–Trinajstić information content (AvgIpc) is 3.81. The van der Waals surface area contributed by atoms with Crippen molar-refractivity contribution in [3.8, 4) is 16.5 Å². The number of hydrogen-bond donors (Lipinski definition) is 1. The van der Waals surface area contributed by atoms with Crippen molar-refractivity contribution in [1.82, 2.24) is 30.2 Å². The molecule has 0 unspecified atom stereocenters. The minimum atomic E-state index is -0.558. The van der Waals surface area contributed by atoms with E-state index in [-0.39, 0.29) is 23.8 Å². The highest BCUT2D eigenvalue weighted by Gasteiger charge is 2.40. The first-order chi connectivity index (χ1) is 22.1. The summed E-state index contributed by atoms with van der Waals surface area (Å²) in [6, 6.07) is 5.96. The highest BCUT2D eigenvalue weighted by atomic mass is 32.1. The van der Waals surface area contributed by atoms with Crippen LogP contribution in [0.25, 0.3) is 10.6 Å². The molecule has 2 aliphatic rings. The van der Waals surface area contributed by atoms with E-state index in [0.717, 1.165) is 34.8 Å².